The Balaban J connectivity index is 1.06. The second-order valence-electron chi connectivity index (χ2n) is 18.4. The molecule has 0 unspecified atom stereocenters. The van der Waals surface area contributed by atoms with Crippen LogP contribution in [0.1, 0.15) is 90.9 Å². The van der Waals surface area contributed by atoms with Gasteiger partial charge >= 0.3 is 0 Å². The zero-order valence-corrected chi connectivity index (χ0v) is 37.6. The second kappa shape index (κ2) is 17.6. The number of benzene rings is 11. The van der Waals surface area contributed by atoms with Crippen LogP contribution < -0.4 is 9.47 Å². The van der Waals surface area contributed by atoms with Gasteiger partial charge in [-0.1, -0.05) is 175 Å². The first-order chi connectivity index (χ1) is 31.7. The Hall–Kier alpha value is -6.38. The van der Waals surface area contributed by atoms with Crippen molar-refractivity contribution in [2.75, 3.05) is 13.2 Å². The summed E-state index contributed by atoms with van der Waals surface area (Å²) in [6, 6.07) is 55.2. The van der Waals surface area contributed by atoms with E-state index in [0.717, 1.165) is 35.1 Å². The van der Waals surface area contributed by atoms with E-state index in [9.17, 15) is 0 Å². The molecule has 0 radical (unpaired) electrons. The van der Waals surface area contributed by atoms with Crippen LogP contribution in [0.3, 0.4) is 0 Å². The summed E-state index contributed by atoms with van der Waals surface area (Å²) in [5.74, 6) is 1.78. The van der Waals surface area contributed by atoms with Gasteiger partial charge in [-0.25, -0.2) is 0 Å². The van der Waals surface area contributed by atoms with E-state index in [1.165, 1.54) is 162 Å². The molecule has 0 atom stereocenters. The molecule has 318 valence electrons. The molecule has 0 bridgehead atoms. The zero-order valence-electron chi connectivity index (χ0n) is 37.6. The maximum Gasteiger partial charge on any atom is 0.169 e. The lowest BCUT2D eigenvalue weighted by Gasteiger charge is -2.20. The second-order valence-corrected chi connectivity index (χ2v) is 18.4. The molecule has 0 N–H and O–H groups in total. The quantitative estimate of drug-likeness (QED) is 0.0633. The van der Waals surface area contributed by atoms with E-state index in [1.807, 2.05) is 0 Å². The molecule has 0 aliphatic carbocycles. The molecular formula is C62H58O2. The highest BCUT2D eigenvalue weighted by Gasteiger charge is 2.20. The van der Waals surface area contributed by atoms with E-state index in [1.54, 1.807) is 0 Å². The number of rotatable bonds is 18. The smallest absolute Gasteiger partial charge is 0.169 e. The van der Waals surface area contributed by atoms with Crippen molar-refractivity contribution in [1.82, 2.24) is 0 Å². The highest BCUT2D eigenvalue weighted by Crippen LogP contribution is 2.47. The fraction of sp³-hybridized carbons (Fsp3) is 0.258. The molecule has 0 aliphatic heterocycles. The fourth-order valence-corrected chi connectivity index (χ4v) is 10.8. The van der Waals surface area contributed by atoms with E-state index in [0.29, 0.717) is 13.2 Å². The molecule has 0 amide bonds. The van der Waals surface area contributed by atoms with Gasteiger partial charge in [0.25, 0.3) is 0 Å². The number of ether oxygens (including phenoxy) is 2. The zero-order chi connectivity index (χ0) is 43.0. The molecule has 11 aromatic carbocycles. The molecule has 64 heavy (non-hydrogen) atoms. The molecule has 11 aromatic rings. The SMILES string of the molecule is CCCCCCCCOc1c(OCCCCCCCC)c2ccc(-c3cc4ccc5cccc6ccc(c3)c4c56)cc2c2cc(-c3cc4ccc5cccc6ccc(c3)c4c56)ccc12. The molecule has 0 aliphatic rings. The van der Waals surface area contributed by atoms with Crippen molar-refractivity contribution in [3.05, 3.63) is 146 Å². The van der Waals surface area contributed by atoms with Gasteiger partial charge < -0.3 is 9.47 Å². The van der Waals surface area contributed by atoms with E-state index in [-0.39, 0.29) is 0 Å². The minimum atomic E-state index is 0.681. The van der Waals surface area contributed by atoms with Gasteiger partial charge in [-0.05, 0) is 159 Å². The van der Waals surface area contributed by atoms with E-state index in [2.05, 4.69) is 159 Å². The van der Waals surface area contributed by atoms with Crippen LogP contribution in [0.2, 0.25) is 0 Å². The van der Waals surface area contributed by atoms with Gasteiger partial charge in [-0.15, -0.1) is 0 Å². The molecular weight excluding hydrogens is 777 g/mol. The van der Waals surface area contributed by atoms with Gasteiger partial charge in [0.05, 0.1) is 13.2 Å². The third-order valence-corrected chi connectivity index (χ3v) is 14.1. The Kier molecular flexibility index (Phi) is 11.1. The topological polar surface area (TPSA) is 18.5 Å². The molecule has 2 nitrogen and oxygen atoms in total. The Morgan fingerprint density at radius 2 is 0.609 bits per heavy atom. The van der Waals surface area contributed by atoms with Crippen molar-refractivity contribution in [3.63, 3.8) is 0 Å². The summed E-state index contributed by atoms with van der Waals surface area (Å²) in [5.41, 5.74) is 4.86. The summed E-state index contributed by atoms with van der Waals surface area (Å²) >= 11 is 0. The fourth-order valence-electron chi connectivity index (χ4n) is 10.8. The van der Waals surface area contributed by atoms with E-state index < -0.39 is 0 Å². The predicted molar refractivity (Wildman–Crippen MR) is 277 cm³/mol. The first-order valence-electron chi connectivity index (χ1n) is 24.3. The standard InChI is InChI=1S/C62H58O2/c1-3-5-7-9-11-13-33-63-61-53-31-29-45(51-35-47-25-21-41-17-15-18-42-22-26-48(36-51)59(47)57(41)42)39-55(53)56-40-46(30-32-54(56)62(61)64-34-14-12-10-8-6-4-2)52-37-49-27-23-43-19-16-20-44-24-28-50(38-52)60(49)58(43)44/h15-32,35-40H,3-14,33-34H2,1-2H3. The number of fused-ring (bicyclic) bond motifs is 3. The first kappa shape index (κ1) is 40.4. The summed E-state index contributed by atoms with van der Waals surface area (Å²) in [7, 11) is 0. The van der Waals surface area contributed by atoms with Gasteiger partial charge in [0.15, 0.2) is 11.5 Å². The van der Waals surface area contributed by atoms with Crippen LogP contribution in [0, 0.1) is 0 Å². The minimum Gasteiger partial charge on any atom is -0.489 e. The van der Waals surface area contributed by atoms with Gasteiger partial charge in [0.2, 0.25) is 0 Å². The summed E-state index contributed by atoms with van der Waals surface area (Å²) in [6.07, 6.45) is 14.7. The third-order valence-electron chi connectivity index (χ3n) is 14.1. The molecule has 0 heterocycles. The molecule has 0 aromatic heterocycles. The molecule has 0 saturated heterocycles. The van der Waals surface area contributed by atoms with Gasteiger partial charge in [-0.2, -0.15) is 0 Å². The molecule has 0 fully saturated rings. The number of unbranched alkanes of at least 4 members (excludes halogenated alkanes) is 10. The summed E-state index contributed by atoms with van der Waals surface area (Å²) in [4.78, 5) is 0. The van der Waals surface area contributed by atoms with Crippen molar-refractivity contribution in [2.24, 2.45) is 0 Å². The number of hydrogen-bond acceptors (Lipinski definition) is 2. The molecule has 11 rings (SSSR count). The van der Waals surface area contributed by atoms with Crippen LogP contribution in [-0.2, 0) is 0 Å². The summed E-state index contributed by atoms with van der Waals surface area (Å²) in [5, 5.41) is 20.3. The van der Waals surface area contributed by atoms with Crippen molar-refractivity contribution in [1.29, 1.82) is 0 Å². The monoisotopic (exact) mass is 834 g/mol. The lowest BCUT2D eigenvalue weighted by Crippen LogP contribution is -2.04. The van der Waals surface area contributed by atoms with Crippen LogP contribution >= 0.6 is 0 Å². The van der Waals surface area contributed by atoms with Crippen molar-refractivity contribution in [2.45, 2.75) is 90.9 Å². The van der Waals surface area contributed by atoms with Crippen LogP contribution in [0.25, 0.3) is 108 Å². The molecule has 0 saturated carbocycles. The lowest BCUT2D eigenvalue weighted by atomic mass is 9.89. The minimum absolute atomic E-state index is 0.681. The first-order valence-corrected chi connectivity index (χ1v) is 24.3. The van der Waals surface area contributed by atoms with E-state index >= 15 is 0 Å². The maximum absolute atomic E-state index is 6.95. The van der Waals surface area contributed by atoms with Crippen LogP contribution in [-0.4, -0.2) is 13.2 Å². The van der Waals surface area contributed by atoms with Crippen molar-refractivity contribution in [3.8, 4) is 33.8 Å². The largest absolute Gasteiger partial charge is 0.489 e. The van der Waals surface area contributed by atoms with Gasteiger partial charge in [-0.3, -0.25) is 0 Å². The Labute approximate surface area is 377 Å². The third kappa shape index (κ3) is 7.41. The van der Waals surface area contributed by atoms with Crippen molar-refractivity contribution < 1.29 is 9.47 Å². The van der Waals surface area contributed by atoms with E-state index in [4.69, 9.17) is 9.47 Å². The van der Waals surface area contributed by atoms with Gasteiger partial charge in [0, 0.05) is 10.8 Å². The van der Waals surface area contributed by atoms with Crippen molar-refractivity contribution >= 4 is 86.2 Å². The van der Waals surface area contributed by atoms with Crippen LogP contribution in [0.5, 0.6) is 11.5 Å². The molecule has 0 spiro atoms. The Bertz CT molecular complexity index is 3070. The normalized spacial score (nSPS) is 12.2. The highest BCUT2D eigenvalue weighted by molar-refractivity contribution is 6.25. The number of hydrogen-bond donors (Lipinski definition) is 0. The maximum atomic E-state index is 6.95. The average Bonchev–Trinajstić information content (AvgIpc) is 3.34. The summed E-state index contributed by atoms with van der Waals surface area (Å²) < 4.78 is 13.9. The molecule has 2 heteroatoms. The Morgan fingerprint density at radius 3 is 0.984 bits per heavy atom. The predicted octanol–water partition coefficient (Wildman–Crippen LogP) is 18.6. The van der Waals surface area contributed by atoms with Crippen LogP contribution in [0.4, 0.5) is 0 Å². The highest BCUT2D eigenvalue weighted by atomic mass is 16.5. The summed E-state index contributed by atoms with van der Waals surface area (Å²) in [6.45, 7) is 5.92. The average molecular weight is 835 g/mol. The Morgan fingerprint density at radius 1 is 0.281 bits per heavy atom. The lowest BCUT2D eigenvalue weighted by molar-refractivity contribution is 0.263. The van der Waals surface area contributed by atoms with Gasteiger partial charge in [0.1, 0.15) is 0 Å². The van der Waals surface area contributed by atoms with Crippen LogP contribution in [0.15, 0.2) is 146 Å².